The van der Waals surface area contributed by atoms with Crippen LogP contribution in [0.2, 0.25) is 0 Å². The zero-order valence-electron chi connectivity index (χ0n) is 14.6. The molecule has 0 atom stereocenters. The number of hydrogen-bond acceptors (Lipinski definition) is 4. The summed E-state index contributed by atoms with van der Waals surface area (Å²) in [4.78, 5) is 11.7. The predicted molar refractivity (Wildman–Crippen MR) is 96.6 cm³/mol. The van der Waals surface area contributed by atoms with Crippen molar-refractivity contribution in [1.29, 1.82) is 0 Å². The van der Waals surface area contributed by atoms with Crippen LogP contribution in [0, 0.1) is 26.7 Å². The first kappa shape index (κ1) is 15.8. The molecule has 3 rings (SSSR count). The fraction of sp³-hybridized carbons (Fsp3) is 0.474. The van der Waals surface area contributed by atoms with Crippen molar-refractivity contribution in [2.24, 2.45) is 5.92 Å². The summed E-state index contributed by atoms with van der Waals surface area (Å²) in [6, 6.07) is 8.43. The Morgan fingerprint density at radius 1 is 1.00 bits per heavy atom. The van der Waals surface area contributed by atoms with Gasteiger partial charge in [0.1, 0.15) is 5.82 Å². The lowest BCUT2D eigenvalue weighted by Gasteiger charge is -2.31. The summed E-state index contributed by atoms with van der Waals surface area (Å²) in [7, 11) is 0. The van der Waals surface area contributed by atoms with Crippen LogP contribution in [0.25, 0.3) is 0 Å². The zero-order chi connectivity index (χ0) is 16.4. The number of nitrogens with one attached hydrogen (secondary N) is 1. The highest BCUT2D eigenvalue weighted by atomic mass is 15.2. The molecule has 1 fully saturated rings. The standard InChI is InChI=1S/C19H26N4/c1-13-7-9-23(10-8-13)18-12-16(4)20-19(22-18)21-17-6-5-14(2)15(3)11-17/h5-6,11-13H,7-10H2,1-4H3,(H,20,21,22). The fourth-order valence-electron chi connectivity index (χ4n) is 2.96. The van der Waals surface area contributed by atoms with Crippen molar-refractivity contribution in [3.05, 3.63) is 41.1 Å². The Bertz CT molecular complexity index is 688. The van der Waals surface area contributed by atoms with Gasteiger partial charge in [-0.2, -0.15) is 4.98 Å². The van der Waals surface area contributed by atoms with Gasteiger partial charge in [-0.05, 0) is 62.8 Å². The molecule has 1 N–H and O–H groups in total. The highest BCUT2D eigenvalue weighted by Crippen LogP contribution is 2.24. The number of piperidine rings is 1. The zero-order valence-corrected chi connectivity index (χ0v) is 14.6. The van der Waals surface area contributed by atoms with E-state index >= 15 is 0 Å². The Kier molecular flexibility index (Phi) is 4.51. The molecule has 4 nitrogen and oxygen atoms in total. The summed E-state index contributed by atoms with van der Waals surface area (Å²) in [6.07, 6.45) is 2.48. The van der Waals surface area contributed by atoms with E-state index in [0.29, 0.717) is 5.95 Å². The normalized spacial score (nSPS) is 15.7. The van der Waals surface area contributed by atoms with Crippen molar-refractivity contribution in [3.8, 4) is 0 Å². The maximum Gasteiger partial charge on any atom is 0.229 e. The van der Waals surface area contributed by atoms with E-state index in [2.05, 4.69) is 60.2 Å². The highest BCUT2D eigenvalue weighted by molar-refractivity contribution is 5.57. The largest absolute Gasteiger partial charge is 0.356 e. The number of aromatic nitrogens is 2. The minimum Gasteiger partial charge on any atom is -0.356 e. The first-order valence-corrected chi connectivity index (χ1v) is 8.46. The van der Waals surface area contributed by atoms with Crippen LogP contribution in [0.15, 0.2) is 24.3 Å². The molecule has 0 spiro atoms. The Morgan fingerprint density at radius 3 is 2.43 bits per heavy atom. The SMILES string of the molecule is Cc1cc(N2CCC(C)CC2)nc(Nc2ccc(C)c(C)c2)n1. The fourth-order valence-corrected chi connectivity index (χ4v) is 2.96. The molecule has 1 aromatic carbocycles. The molecule has 0 aliphatic carbocycles. The molecule has 4 heteroatoms. The number of nitrogens with zero attached hydrogens (tertiary/aromatic N) is 3. The van der Waals surface area contributed by atoms with E-state index in [4.69, 9.17) is 4.98 Å². The molecule has 0 saturated carbocycles. The second kappa shape index (κ2) is 6.57. The van der Waals surface area contributed by atoms with Crippen molar-refractivity contribution in [3.63, 3.8) is 0 Å². The van der Waals surface area contributed by atoms with E-state index < -0.39 is 0 Å². The average molecular weight is 310 g/mol. The van der Waals surface area contributed by atoms with Gasteiger partial charge in [0.2, 0.25) is 5.95 Å². The third kappa shape index (κ3) is 3.81. The molecule has 2 aromatic rings. The average Bonchev–Trinajstić information content (AvgIpc) is 2.51. The highest BCUT2D eigenvalue weighted by Gasteiger charge is 2.18. The van der Waals surface area contributed by atoms with Gasteiger partial charge >= 0.3 is 0 Å². The van der Waals surface area contributed by atoms with Crippen LogP contribution in [0.4, 0.5) is 17.5 Å². The van der Waals surface area contributed by atoms with Gasteiger partial charge in [0.05, 0.1) is 0 Å². The molecular weight excluding hydrogens is 284 g/mol. The number of aryl methyl sites for hydroxylation is 3. The van der Waals surface area contributed by atoms with Crippen molar-refractivity contribution in [2.45, 2.75) is 40.5 Å². The minimum atomic E-state index is 0.682. The molecule has 23 heavy (non-hydrogen) atoms. The van der Waals surface area contributed by atoms with Crippen LogP contribution in [-0.2, 0) is 0 Å². The second-order valence-electron chi connectivity index (χ2n) is 6.78. The van der Waals surface area contributed by atoms with E-state index in [9.17, 15) is 0 Å². The Balaban J connectivity index is 1.81. The number of hydrogen-bond donors (Lipinski definition) is 1. The van der Waals surface area contributed by atoms with E-state index in [1.54, 1.807) is 0 Å². The molecule has 1 aliphatic heterocycles. The van der Waals surface area contributed by atoms with Crippen LogP contribution in [-0.4, -0.2) is 23.1 Å². The van der Waals surface area contributed by atoms with Crippen LogP contribution in [0.5, 0.6) is 0 Å². The molecule has 1 aliphatic rings. The maximum atomic E-state index is 4.73. The summed E-state index contributed by atoms with van der Waals surface area (Å²) < 4.78 is 0. The second-order valence-corrected chi connectivity index (χ2v) is 6.78. The first-order chi connectivity index (χ1) is 11.0. The van der Waals surface area contributed by atoms with Gasteiger partial charge in [-0.3, -0.25) is 0 Å². The molecule has 122 valence electrons. The molecular formula is C19H26N4. The molecule has 0 bridgehead atoms. The van der Waals surface area contributed by atoms with Gasteiger partial charge in [0.25, 0.3) is 0 Å². The Labute approximate surface area is 139 Å². The number of benzene rings is 1. The third-order valence-corrected chi connectivity index (χ3v) is 4.71. The third-order valence-electron chi connectivity index (χ3n) is 4.71. The topological polar surface area (TPSA) is 41.1 Å². The summed E-state index contributed by atoms with van der Waals surface area (Å²) in [5.41, 5.74) is 4.61. The summed E-state index contributed by atoms with van der Waals surface area (Å²) >= 11 is 0. The molecule has 0 amide bonds. The van der Waals surface area contributed by atoms with Gasteiger partial charge < -0.3 is 10.2 Å². The van der Waals surface area contributed by atoms with Gasteiger partial charge in [-0.25, -0.2) is 4.98 Å². The van der Waals surface area contributed by atoms with Crippen LogP contribution in [0.1, 0.15) is 36.6 Å². The van der Waals surface area contributed by atoms with Crippen LogP contribution in [0.3, 0.4) is 0 Å². The summed E-state index contributed by atoms with van der Waals surface area (Å²) in [5.74, 6) is 2.54. The Hall–Kier alpha value is -2.10. The molecule has 1 aromatic heterocycles. The van der Waals surface area contributed by atoms with E-state index in [-0.39, 0.29) is 0 Å². The summed E-state index contributed by atoms with van der Waals surface area (Å²) in [5, 5.41) is 3.35. The summed E-state index contributed by atoms with van der Waals surface area (Å²) in [6.45, 7) is 10.8. The van der Waals surface area contributed by atoms with Crippen molar-refractivity contribution < 1.29 is 0 Å². The first-order valence-electron chi connectivity index (χ1n) is 8.46. The van der Waals surface area contributed by atoms with E-state index in [1.807, 2.05) is 6.92 Å². The number of rotatable bonds is 3. The minimum absolute atomic E-state index is 0.682. The van der Waals surface area contributed by atoms with Gasteiger partial charge in [-0.15, -0.1) is 0 Å². The lowest BCUT2D eigenvalue weighted by atomic mass is 9.99. The lowest BCUT2D eigenvalue weighted by Crippen LogP contribution is -2.33. The van der Waals surface area contributed by atoms with Crippen molar-refractivity contribution in [2.75, 3.05) is 23.3 Å². The predicted octanol–water partition coefficient (Wildman–Crippen LogP) is 4.38. The molecule has 2 heterocycles. The van der Waals surface area contributed by atoms with Crippen LogP contribution < -0.4 is 10.2 Å². The molecule has 0 radical (unpaired) electrons. The number of anilines is 3. The Morgan fingerprint density at radius 2 is 1.74 bits per heavy atom. The van der Waals surface area contributed by atoms with Crippen molar-refractivity contribution >= 4 is 17.5 Å². The lowest BCUT2D eigenvalue weighted by molar-refractivity contribution is 0.436. The smallest absolute Gasteiger partial charge is 0.229 e. The van der Waals surface area contributed by atoms with Gasteiger partial charge in [-0.1, -0.05) is 13.0 Å². The van der Waals surface area contributed by atoms with Crippen molar-refractivity contribution in [1.82, 2.24) is 9.97 Å². The van der Waals surface area contributed by atoms with E-state index in [1.165, 1.54) is 24.0 Å². The van der Waals surface area contributed by atoms with E-state index in [0.717, 1.165) is 36.2 Å². The van der Waals surface area contributed by atoms with Crippen LogP contribution >= 0.6 is 0 Å². The maximum absolute atomic E-state index is 4.73. The monoisotopic (exact) mass is 310 g/mol. The quantitative estimate of drug-likeness (QED) is 0.913. The molecule has 1 saturated heterocycles. The van der Waals surface area contributed by atoms with Gasteiger partial charge in [0.15, 0.2) is 0 Å². The van der Waals surface area contributed by atoms with Gasteiger partial charge in [0, 0.05) is 30.5 Å². The molecule has 0 unspecified atom stereocenters.